The Labute approximate surface area is 169 Å². The molecule has 3 amide bonds. The lowest BCUT2D eigenvalue weighted by Gasteiger charge is -2.42. The van der Waals surface area contributed by atoms with Gasteiger partial charge in [0.15, 0.2) is 0 Å². The van der Waals surface area contributed by atoms with Crippen LogP contribution in [-0.4, -0.2) is 31.8 Å². The summed E-state index contributed by atoms with van der Waals surface area (Å²) in [5.41, 5.74) is 3.01. The summed E-state index contributed by atoms with van der Waals surface area (Å²) in [6, 6.07) is 25.8. The normalized spacial score (nSPS) is 17.4. The quantitative estimate of drug-likeness (QED) is 0.629. The van der Waals surface area contributed by atoms with Crippen molar-refractivity contribution in [2.45, 2.75) is 5.79 Å². The fraction of sp³-hybridized carbons (Fsp3) is 0.130. The second-order valence-corrected chi connectivity index (χ2v) is 7.17. The molecule has 0 atom stereocenters. The van der Waals surface area contributed by atoms with Crippen molar-refractivity contribution in [3.8, 4) is 0 Å². The minimum atomic E-state index is -1.32. The first-order valence-corrected chi connectivity index (χ1v) is 9.44. The molecule has 0 unspecified atom stereocenters. The first-order chi connectivity index (χ1) is 14.1. The maximum atomic E-state index is 14.0. The number of anilines is 4. The third-order valence-corrected chi connectivity index (χ3v) is 5.75. The van der Waals surface area contributed by atoms with E-state index in [0.717, 1.165) is 11.4 Å². The number of benzene rings is 3. The molecule has 6 nitrogen and oxygen atoms in total. The average molecular weight is 384 g/mol. The Kier molecular flexibility index (Phi) is 3.64. The molecule has 0 N–H and O–H groups in total. The Hall–Kier alpha value is -3.80. The van der Waals surface area contributed by atoms with Gasteiger partial charge in [-0.15, -0.1) is 0 Å². The molecule has 0 radical (unpaired) electrons. The highest BCUT2D eigenvalue weighted by molar-refractivity contribution is 6.33. The number of carbonyl (C=O) groups excluding carboxylic acids is 2. The van der Waals surface area contributed by atoms with E-state index in [9.17, 15) is 9.59 Å². The number of fused-ring (bicyclic) bond motifs is 1. The second kappa shape index (κ2) is 6.10. The lowest BCUT2D eigenvalue weighted by Crippen LogP contribution is -2.68. The van der Waals surface area contributed by atoms with Gasteiger partial charge in [0.05, 0.1) is 22.7 Å². The fourth-order valence-electron chi connectivity index (χ4n) is 4.42. The summed E-state index contributed by atoms with van der Waals surface area (Å²) in [6.45, 7) is 0. The molecule has 3 aromatic carbocycles. The number of likely N-dealkylation sites (N-methyl/N-ethyl adjacent to an activating group) is 2. The first kappa shape index (κ1) is 17.3. The Balaban J connectivity index is 1.77. The van der Waals surface area contributed by atoms with Gasteiger partial charge in [0.25, 0.3) is 5.79 Å². The number of amides is 3. The van der Waals surface area contributed by atoms with Crippen LogP contribution in [0.15, 0.2) is 84.9 Å². The summed E-state index contributed by atoms with van der Waals surface area (Å²) in [6.07, 6.45) is 0. The highest BCUT2D eigenvalue weighted by Crippen LogP contribution is 2.50. The van der Waals surface area contributed by atoms with E-state index in [-0.39, 0.29) is 11.9 Å². The predicted octanol–water partition coefficient (Wildman–Crippen LogP) is 3.90. The van der Waals surface area contributed by atoms with Gasteiger partial charge in [-0.2, -0.15) is 0 Å². The van der Waals surface area contributed by atoms with Crippen molar-refractivity contribution in [2.75, 3.05) is 33.7 Å². The van der Waals surface area contributed by atoms with Crippen LogP contribution in [0.4, 0.5) is 27.5 Å². The third-order valence-electron chi connectivity index (χ3n) is 5.75. The number of hydrogen-bond donors (Lipinski definition) is 0. The van der Waals surface area contributed by atoms with Crippen molar-refractivity contribution < 1.29 is 9.59 Å². The molecule has 0 saturated carbocycles. The number of hydrogen-bond acceptors (Lipinski definition) is 4. The maximum Gasteiger partial charge on any atom is 0.339 e. The van der Waals surface area contributed by atoms with E-state index in [1.165, 1.54) is 4.90 Å². The maximum absolute atomic E-state index is 14.0. The Bertz CT molecular complexity index is 1070. The van der Waals surface area contributed by atoms with Gasteiger partial charge in [-0.3, -0.25) is 4.79 Å². The highest BCUT2D eigenvalue weighted by Gasteiger charge is 2.67. The summed E-state index contributed by atoms with van der Waals surface area (Å²) < 4.78 is 0. The van der Waals surface area contributed by atoms with Crippen molar-refractivity contribution in [3.63, 3.8) is 0 Å². The number of carbonyl (C=O) groups is 2. The van der Waals surface area contributed by atoms with E-state index in [2.05, 4.69) is 0 Å². The largest absolute Gasteiger partial charge is 0.339 e. The molecule has 3 aromatic rings. The number of rotatable bonds is 2. The molecule has 2 heterocycles. The van der Waals surface area contributed by atoms with Crippen molar-refractivity contribution in [3.05, 3.63) is 84.9 Å². The zero-order valence-corrected chi connectivity index (χ0v) is 16.2. The van der Waals surface area contributed by atoms with E-state index in [1.54, 1.807) is 17.0 Å². The van der Waals surface area contributed by atoms with Crippen LogP contribution in [0.5, 0.6) is 0 Å². The van der Waals surface area contributed by atoms with Crippen LogP contribution in [0.2, 0.25) is 0 Å². The zero-order chi connectivity index (χ0) is 20.2. The molecule has 29 heavy (non-hydrogen) atoms. The van der Waals surface area contributed by atoms with Crippen LogP contribution in [0.1, 0.15) is 0 Å². The van der Waals surface area contributed by atoms with Gasteiger partial charge in [0, 0.05) is 14.1 Å². The zero-order valence-electron chi connectivity index (χ0n) is 16.2. The molecule has 144 valence electrons. The summed E-state index contributed by atoms with van der Waals surface area (Å²) in [5.74, 6) is -1.63. The van der Waals surface area contributed by atoms with Gasteiger partial charge in [-0.25, -0.2) is 14.6 Å². The molecular weight excluding hydrogens is 364 g/mol. The van der Waals surface area contributed by atoms with Crippen molar-refractivity contribution >= 4 is 34.7 Å². The molecule has 2 aliphatic rings. The Morgan fingerprint density at radius 3 is 1.59 bits per heavy atom. The SMILES string of the molecule is CN1c2ccccc2N(C)C12C(=O)N(c1ccccc1)C(=O)N2c1ccccc1. The van der Waals surface area contributed by atoms with Crippen LogP contribution < -0.4 is 19.6 Å². The average Bonchev–Trinajstić information content (AvgIpc) is 3.13. The minimum Gasteiger partial charge on any atom is -0.324 e. The predicted molar refractivity (Wildman–Crippen MR) is 114 cm³/mol. The molecule has 1 saturated heterocycles. The van der Waals surface area contributed by atoms with Crippen molar-refractivity contribution in [1.82, 2.24) is 0 Å². The number of urea groups is 1. The molecule has 2 aliphatic heterocycles. The molecule has 0 aromatic heterocycles. The second-order valence-electron chi connectivity index (χ2n) is 7.17. The number of para-hydroxylation sites is 4. The van der Waals surface area contributed by atoms with Gasteiger partial charge in [-0.05, 0) is 36.4 Å². The molecule has 6 heteroatoms. The van der Waals surface area contributed by atoms with E-state index in [4.69, 9.17) is 0 Å². The van der Waals surface area contributed by atoms with Gasteiger partial charge < -0.3 is 9.80 Å². The topological polar surface area (TPSA) is 47.1 Å². The van der Waals surface area contributed by atoms with Crippen molar-refractivity contribution in [1.29, 1.82) is 0 Å². The Morgan fingerprint density at radius 2 is 1.07 bits per heavy atom. The molecule has 5 rings (SSSR count). The summed E-state index contributed by atoms with van der Waals surface area (Å²) in [4.78, 5) is 34.3. The fourth-order valence-corrected chi connectivity index (χ4v) is 4.42. The van der Waals surface area contributed by atoms with E-state index in [0.29, 0.717) is 11.4 Å². The number of imide groups is 1. The van der Waals surface area contributed by atoms with Gasteiger partial charge >= 0.3 is 11.9 Å². The first-order valence-electron chi connectivity index (χ1n) is 9.44. The van der Waals surface area contributed by atoms with Gasteiger partial charge in [0.1, 0.15) is 0 Å². The van der Waals surface area contributed by atoms with Crippen LogP contribution >= 0.6 is 0 Å². The molecule has 0 bridgehead atoms. The Morgan fingerprint density at radius 1 is 0.621 bits per heavy atom. The number of nitrogens with zero attached hydrogens (tertiary/aromatic N) is 4. The smallest absolute Gasteiger partial charge is 0.324 e. The standard InChI is InChI=1S/C23H20N4O2/c1-24-19-15-9-10-16-20(19)25(2)23(24)21(28)26(17-11-5-3-6-12-17)22(29)27(23)18-13-7-4-8-14-18/h3-16H,1-2H3. The molecule has 1 spiro atoms. The third kappa shape index (κ3) is 2.11. The monoisotopic (exact) mass is 384 g/mol. The lowest BCUT2D eigenvalue weighted by atomic mass is 10.2. The summed E-state index contributed by atoms with van der Waals surface area (Å²) >= 11 is 0. The highest BCUT2D eigenvalue weighted by atomic mass is 16.2. The van der Waals surface area contributed by atoms with Crippen LogP contribution in [0.25, 0.3) is 0 Å². The lowest BCUT2D eigenvalue weighted by molar-refractivity contribution is -0.121. The van der Waals surface area contributed by atoms with Gasteiger partial charge in [0.2, 0.25) is 0 Å². The van der Waals surface area contributed by atoms with E-state index < -0.39 is 5.79 Å². The minimum absolute atomic E-state index is 0.307. The van der Waals surface area contributed by atoms with E-state index >= 15 is 0 Å². The molecule has 1 fully saturated rings. The summed E-state index contributed by atoms with van der Waals surface area (Å²) in [7, 11) is 3.72. The van der Waals surface area contributed by atoms with Gasteiger partial charge in [-0.1, -0.05) is 48.5 Å². The van der Waals surface area contributed by atoms with Crippen LogP contribution in [0, 0.1) is 0 Å². The van der Waals surface area contributed by atoms with Crippen LogP contribution in [-0.2, 0) is 4.79 Å². The van der Waals surface area contributed by atoms with Crippen LogP contribution in [0.3, 0.4) is 0 Å². The molecular formula is C23H20N4O2. The van der Waals surface area contributed by atoms with Crippen molar-refractivity contribution in [2.24, 2.45) is 0 Å². The molecule has 0 aliphatic carbocycles. The summed E-state index contributed by atoms with van der Waals surface area (Å²) in [5, 5.41) is 0. The van der Waals surface area contributed by atoms with E-state index in [1.807, 2.05) is 96.7 Å².